The summed E-state index contributed by atoms with van der Waals surface area (Å²) < 4.78 is 40.9. The molecule has 0 aliphatic carbocycles. The van der Waals surface area contributed by atoms with E-state index in [4.69, 9.17) is 0 Å². The van der Waals surface area contributed by atoms with E-state index in [0.29, 0.717) is 5.69 Å². The van der Waals surface area contributed by atoms with Crippen LogP contribution in [0.15, 0.2) is 47.6 Å². The van der Waals surface area contributed by atoms with Crippen LogP contribution in [-0.4, -0.2) is 58.0 Å². The van der Waals surface area contributed by atoms with Crippen LogP contribution in [-0.2, 0) is 6.18 Å². The first-order valence-corrected chi connectivity index (χ1v) is 10.5. The van der Waals surface area contributed by atoms with Crippen molar-refractivity contribution in [2.45, 2.75) is 18.3 Å². The highest BCUT2D eigenvalue weighted by Gasteiger charge is 2.31. The van der Waals surface area contributed by atoms with E-state index in [2.05, 4.69) is 19.5 Å². The molecule has 0 radical (unpaired) electrons. The number of hydrogen-bond acceptors (Lipinski definition) is 5. The van der Waals surface area contributed by atoms with Crippen molar-refractivity contribution in [2.75, 3.05) is 43.4 Å². The largest absolute Gasteiger partial charge is 0.416 e. The van der Waals surface area contributed by atoms with Crippen molar-refractivity contribution in [3.8, 4) is 0 Å². The van der Waals surface area contributed by atoms with Crippen LogP contribution in [0.3, 0.4) is 0 Å². The average molecular weight is 421 g/mol. The lowest BCUT2D eigenvalue weighted by molar-refractivity contribution is -0.137. The summed E-state index contributed by atoms with van der Waals surface area (Å²) in [6.07, 6.45) is -4.31. The molecule has 29 heavy (non-hydrogen) atoms. The van der Waals surface area contributed by atoms with E-state index in [0.717, 1.165) is 61.0 Å². The Hall–Kier alpha value is -2.26. The maximum absolute atomic E-state index is 12.9. The van der Waals surface area contributed by atoms with Gasteiger partial charge in [-0.2, -0.15) is 13.2 Å². The van der Waals surface area contributed by atoms with E-state index in [1.807, 2.05) is 30.0 Å². The van der Waals surface area contributed by atoms with Gasteiger partial charge < -0.3 is 4.90 Å². The zero-order valence-electron chi connectivity index (χ0n) is 16.1. The average Bonchev–Trinajstić information content (AvgIpc) is 3.12. The Labute approximate surface area is 171 Å². The Balaban J connectivity index is 1.29. The highest BCUT2D eigenvalue weighted by atomic mass is 32.2. The molecule has 1 aliphatic heterocycles. The van der Waals surface area contributed by atoms with Crippen LogP contribution in [0.2, 0.25) is 0 Å². The predicted octanol–water partition coefficient (Wildman–Crippen LogP) is 3.97. The molecule has 1 fully saturated rings. The number of aryl methyl sites for hydroxylation is 1. The first-order chi connectivity index (χ1) is 13.9. The number of aromatic nitrogens is 3. The maximum Gasteiger partial charge on any atom is 0.416 e. The van der Waals surface area contributed by atoms with Crippen molar-refractivity contribution in [3.63, 3.8) is 0 Å². The summed E-state index contributed by atoms with van der Waals surface area (Å²) >= 11 is 1.68. The molecule has 0 spiro atoms. The molecular weight excluding hydrogens is 399 g/mol. The minimum Gasteiger partial charge on any atom is -0.369 e. The molecule has 154 valence electrons. The third kappa shape index (κ3) is 4.51. The van der Waals surface area contributed by atoms with Crippen LogP contribution in [0.25, 0.3) is 5.65 Å². The number of halogens is 3. The number of anilines is 1. The van der Waals surface area contributed by atoms with Crippen LogP contribution >= 0.6 is 11.8 Å². The molecule has 3 aromatic rings. The lowest BCUT2D eigenvalue weighted by atomic mass is 10.1. The first-order valence-electron chi connectivity index (χ1n) is 9.50. The molecule has 0 amide bonds. The zero-order chi connectivity index (χ0) is 20.4. The van der Waals surface area contributed by atoms with Gasteiger partial charge in [0.2, 0.25) is 0 Å². The third-order valence-corrected chi connectivity index (χ3v) is 6.05. The normalized spacial score (nSPS) is 15.9. The number of nitrogens with zero attached hydrogens (tertiary/aromatic N) is 5. The lowest BCUT2D eigenvalue weighted by Gasteiger charge is -2.36. The molecule has 1 aliphatic rings. The Kier molecular flexibility index (Phi) is 5.69. The molecule has 0 bridgehead atoms. The monoisotopic (exact) mass is 421 g/mol. The Morgan fingerprint density at radius 1 is 1.00 bits per heavy atom. The molecule has 1 aromatic carbocycles. The van der Waals surface area contributed by atoms with Crippen molar-refractivity contribution in [2.24, 2.45) is 0 Å². The molecule has 3 heterocycles. The molecule has 5 nitrogen and oxygen atoms in total. The Morgan fingerprint density at radius 3 is 2.52 bits per heavy atom. The molecule has 9 heteroatoms. The van der Waals surface area contributed by atoms with Gasteiger partial charge in [-0.1, -0.05) is 23.9 Å². The van der Waals surface area contributed by atoms with Gasteiger partial charge in [0.05, 0.1) is 5.56 Å². The molecule has 4 rings (SSSR count). The van der Waals surface area contributed by atoms with Gasteiger partial charge in [-0.15, -0.1) is 10.2 Å². The van der Waals surface area contributed by atoms with Gasteiger partial charge in [0.1, 0.15) is 0 Å². The number of hydrogen-bond donors (Lipinski definition) is 0. The van der Waals surface area contributed by atoms with Gasteiger partial charge in [0.25, 0.3) is 0 Å². The van der Waals surface area contributed by atoms with Crippen LogP contribution < -0.4 is 4.90 Å². The van der Waals surface area contributed by atoms with Crippen LogP contribution in [0.4, 0.5) is 18.9 Å². The van der Waals surface area contributed by atoms with Gasteiger partial charge in [-0.25, -0.2) is 0 Å². The summed E-state index contributed by atoms with van der Waals surface area (Å²) in [5.74, 6) is 0.888. The van der Waals surface area contributed by atoms with Crippen molar-refractivity contribution >= 4 is 23.1 Å². The Bertz CT molecular complexity index is 980. The molecular formula is C20H22F3N5S. The highest BCUT2D eigenvalue weighted by Crippen LogP contribution is 2.32. The van der Waals surface area contributed by atoms with Gasteiger partial charge in [0, 0.05) is 49.9 Å². The number of fused-ring (bicyclic) bond motifs is 1. The van der Waals surface area contributed by atoms with Crippen LogP contribution in [0, 0.1) is 6.92 Å². The van der Waals surface area contributed by atoms with Crippen molar-refractivity contribution in [1.29, 1.82) is 0 Å². The molecule has 0 atom stereocenters. The molecule has 1 saturated heterocycles. The summed E-state index contributed by atoms with van der Waals surface area (Å²) in [5, 5.41) is 9.37. The minimum atomic E-state index is -4.31. The van der Waals surface area contributed by atoms with Gasteiger partial charge in [-0.05, 0) is 37.3 Å². The zero-order valence-corrected chi connectivity index (χ0v) is 16.9. The molecule has 0 unspecified atom stereocenters. The second-order valence-electron chi connectivity index (χ2n) is 7.07. The summed E-state index contributed by atoms with van der Waals surface area (Å²) in [4.78, 5) is 4.36. The topological polar surface area (TPSA) is 36.7 Å². The fourth-order valence-corrected chi connectivity index (χ4v) is 4.53. The van der Waals surface area contributed by atoms with Crippen molar-refractivity contribution in [3.05, 3.63) is 53.7 Å². The van der Waals surface area contributed by atoms with E-state index in [-0.39, 0.29) is 0 Å². The quantitative estimate of drug-likeness (QED) is 0.583. The predicted molar refractivity (Wildman–Crippen MR) is 109 cm³/mol. The summed E-state index contributed by atoms with van der Waals surface area (Å²) in [5.41, 5.74) is 2.00. The van der Waals surface area contributed by atoms with Crippen LogP contribution in [0.1, 0.15) is 11.3 Å². The number of piperazine rings is 1. The first kappa shape index (κ1) is 20.0. The lowest BCUT2D eigenvalue weighted by Crippen LogP contribution is -2.47. The van der Waals surface area contributed by atoms with E-state index in [9.17, 15) is 13.2 Å². The fourth-order valence-electron chi connectivity index (χ4n) is 3.54. The number of pyridine rings is 1. The highest BCUT2D eigenvalue weighted by molar-refractivity contribution is 7.99. The molecule has 2 aromatic heterocycles. The number of alkyl halides is 3. The van der Waals surface area contributed by atoms with Crippen molar-refractivity contribution in [1.82, 2.24) is 19.5 Å². The summed E-state index contributed by atoms with van der Waals surface area (Å²) in [6, 6.07) is 11.5. The second kappa shape index (κ2) is 8.23. The van der Waals surface area contributed by atoms with E-state index < -0.39 is 11.7 Å². The maximum atomic E-state index is 12.9. The van der Waals surface area contributed by atoms with Crippen molar-refractivity contribution < 1.29 is 13.2 Å². The number of rotatable bonds is 5. The standard InChI is InChI=1S/C20H22F3N5S/c1-15-4-2-7-18-24-25-19(28(15)18)29-13-12-26-8-10-27(11-9-26)17-6-3-5-16(14-17)20(21,22)23/h2-7,14H,8-13H2,1H3. The van der Waals surface area contributed by atoms with E-state index in [1.54, 1.807) is 17.8 Å². The van der Waals surface area contributed by atoms with Crippen LogP contribution in [0.5, 0.6) is 0 Å². The number of benzene rings is 1. The smallest absolute Gasteiger partial charge is 0.369 e. The molecule has 0 N–H and O–H groups in total. The summed E-state index contributed by atoms with van der Waals surface area (Å²) in [6.45, 7) is 6.04. The SMILES string of the molecule is Cc1cccc2nnc(SCCN3CCN(c4cccc(C(F)(F)F)c4)CC3)n12. The number of thioether (sulfide) groups is 1. The van der Waals surface area contributed by atoms with E-state index >= 15 is 0 Å². The van der Waals surface area contributed by atoms with Gasteiger partial charge >= 0.3 is 6.18 Å². The van der Waals surface area contributed by atoms with E-state index in [1.165, 1.54) is 12.1 Å². The minimum absolute atomic E-state index is 0.593. The second-order valence-corrected chi connectivity index (χ2v) is 8.13. The summed E-state index contributed by atoms with van der Waals surface area (Å²) in [7, 11) is 0. The van der Waals surface area contributed by atoms with Gasteiger partial charge in [0.15, 0.2) is 10.8 Å². The molecule has 0 saturated carbocycles. The van der Waals surface area contributed by atoms with Gasteiger partial charge in [-0.3, -0.25) is 9.30 Å². The third-order valence-electron chi connectivity index (χ3n) is 5.14. The Morgan fingerprint density at radius 2 is 1.76 bits per heavy atom. The fraction of sp³-hybridized carbons (Fsp3) is 0.400.